The molecule has 7 nitrogen and oxygen atoms in total. The molecule has 2 aromatic heterocycles. The van der Waals surface area contributed by atoms with Crippen molar-refractivity contribution in [2.24, 2.45) is 0 Å². The molecule has 0 bridgehead atoms. The van der Waals surface area contributed by atoms with Gasteiger partial charge in [0.15, 0.2) is 5.76 Å². The summed E-state index contributed by atoms with van der Waals surface area (Å²) in [6, 6.07) is 5.71. The van der Waals surface area contributed by atoms with Gasteiger partial charge >= 0.3 is 6.03 Å². The van der Waals surface area contributed by atoms with Gasteiger partial charge in [-0.1, -0.05) is 5.16 Å². The van der Waals surface area contributed by atoms with E-state index in [0.717, 1.165) is 16.6 Å². The molecule has 2 amide bonds. The van der Waals surface area contributed by atoms with E-state index in [-0.39, 0.29) is 6.03 Å². The number of carbonyl (C=O) groups is 1. The van der Waals surface area contributed by atoms with Crippen molar-refractivity contribution in [2.75, 3.05) is 17.3 Å². The highest BCUT2D eigenvalue weighted by atomic mass is 16.5. The minimum atomic E-state index is -0.250. The summed E-state index contributed by atoms with van der Waals surface area (Å²) < 4.78 is 7.03. The average Bonchev–Trinajstić information content (AvgIpc) is 3.10. The van der Waals surface area contributed by atoms with E-state index in [1.54, 1.807) is 14.0 Å². The third kappa shape index (κ3) is 2.84. The second-order valence-corrected chi connectivity index (χ2v) is 6.14. The topological polar surface area (TPSA) is 76.2 Å². The Balaban J connectivity index is 1.82. The van der Waals surface area contributed by atoms with Crippen LogP contribution in [-0.4, -0.2) is 28.0 Å². The van der Waals surface area contributed by atoms with E-state index in [1.165, 1.54) is 4.90 Å². The number of rotatable bonds is 3. The van der Waals surface area contributed by atoms with E-state index >= 15 is 0 Å². The summed E-state index contributed by atoms with van der Waals surface area (Å²) in [5.41, 5.74) is 2.98. The van der Waals surface area contributed by atoms with Gasteiger partial charge in [0.25, 0.3) is 0 Å². The number of urea groups is 1. The molecule has 0 aliphatic carbocycles. The van der Waals surface area contributed by atoms with Crippen molar-refractivity contribution in [3.63, 3.8) is 0 Å². The highest BCUT2D eigenvalue weighted by molar-refractivity contribution is 6.02. The highest BCUT2D eigenvalue weighted by Crippen LogP contribution is 2.24. The molecule has 7 heteroatoms. The lowest BCUT2D eigenvalue weighted by Crippen LogP contribution is -2.31. The van der Waals surface area contributed by atoms with Crippen LogP contribution in [0, 0.1) is 13.8 Å². The lowest BCUT2D eigenvalue weighted by Gasteiger charge is -2.17. The van der Waals surface area contributed by atoms with Gasteiger partial charge in [-0.05, 0) is 45.9 Å². The second kappa shape index (κ2) is 5.99. The molecule has 2 heterocycles. The Morgan fingerprint density at radius 1 is 1.33 bits per heavy atom. The van der Waals surface area contributed by atoms with Crippen molar-refractivity contribution in [3.8, 4) is 0 Å². The van der Waals surface area contributed by atoms with Gasteiger partial charge in [0.1, 0.15) is 11.4 Å². The lowest BCUT2D eigenvalue weighted by atomic mass is 10.2. The predicted octanol–water partition coefficient (Wildman–Crippen LogP) is 3.89. The number of hydrogen-bond donors (Lipinski definition) is 1. The summed E-state index contributed by atoms with van der Waals surface area (Å²) in [5.74, 6) is 0.610. The first-order chi connectivity index (χ1) is 11.4. The molecule has 0 aliphatic heterocycles. The monoisotopic (exact) mass is 327 g/mol. The predicted molar refractivity (Wildman–Crippen MR) is 93.5 cm³/mol. The van der Waals surface area contributed by atoms with Gasteiger partial charge in [0.2, 0.25) is 0 Å². The molecular weight excluding hydrogens is 306 g/mol. The number of nitrogens with one attached hydrogen (secondary N) is 1. The third-order valence-corrected chi connectivity index (χ3v) is 3.94. The number of hydrogen-bond acceptors (Lipinski definition) is 4. The molecule has 0 unspecified atom stereocenters. The fourth-order valence-corrected chi connectivity index (χ4v) is 2.65. The molecule has 0 radical (unpaired) electrons. The van der Waals surface area contributed by atoms with Crippen molar-refractivity contribution in [3.05, 3.63) is 35.9 Å². The minimum absolute atomic E-state index is 0.250. The number of amides is 2. The number of fused-ring (bicyclic) bond motifs is 1. The van der Waals surface area contributed by atoms with Crippen molar-refractivity contribution in [1.82, 2.24) is 14.9 Å². The normalized spacial score (nSPS) is 11.2. The van der Waals surface area contributed by atoms with Crippen LogP contribution in [0.15, 0.2) is 28.9 Å². The fourth-order valence-electron chi connectivity index (χ4n) is 2.65. The summed E-state index contributed by atoms with van der Waals surface area (Å²) in [6.07, 6.45) is 1.98. The Bertz CT molecular complexity index is 874. The van der Waals surface area contributed by atoms with Crippen molar-refractivity contribution < 1.29 is 9.32 Å². The Labute approximate surface area is 140 Å². The van der Waals surface area contributed by atoms with Gasteiger partial charge in [0.05, 0.1) is 5.52 Å². The number of nitrogens with zero attached hydrogens (tertiary/aromatic N) is 4. The molecule has 0 atom stereocenters. The first kappa shape index (κ1) is 16.0. The number of anilines is 2. The molecule has 3 rings (SSSR count). The molecule has 3 aromatic rings. The van der Waals surface area contributed by atoms with Crippen LogP contribution in [0.2, 0.25) is 0 Å². The molecule has 0 aliphatic rings. The van der Waals surface area contributed by atoms with E-state index in [9.17, 15) is 4.79 Å². The third-order valence-electron chi connectivity index (χ3n) is 3.94. The standard InChI is InChI=1S/C17H21N5O2/c1-10(2)22-9-13-8-14(6-7-15(13)19-22)18-17(23)21(5)16-11(3)20-24-12(16)4/h6-10H,1-5H3,(H,18,23). The van der Waals surface area contributed by atoms with Crippen LogP contribution < -0.4 is 10.2 Å². The second-order valence-electron chi connectivity index (χ2n) is 6.14. The highest BCUT2D eigenvalue weighted by Gasteiger charge is 2.19. The zero-order chi connectivity index (χ0) is 17.4. The number of aromatic nitrogens is 3. The van der Waals surface area contributed by atoms with Gasteiger partial charge in [-0.2, -0.15) is 5.10 Å². The summed E-state index contributed by atoms with van der Waals surface area (Å²) in [4.78, 5) is 14.0. The van der Waals surface area contributed by atoms with Crippen LogP contribution in [0.1, 0.15) is 31.3 Å². The molecule has 0 spiro atoms. The summed E-state index contributed by atoms with van der Waals surface area (Å²) in [5, 5.41) is 12.3. The van der Waals surface area contributed by atoms with Gasteiger partial charge in [0, 0.05) is 30.4 Å². The largest absolute Gasteiger partial charge is 0.359 e. The van der Waals surface area contributed by atoms with Crippen LogP contribution in [0.25, 0.3) is 10.9 Å². The molecule has 0 saturated heterocycles. The molecule has 1 aromatic carbocycles. The fraction of sp³-hybridized carbons (Fsp3) is 0.353. The maximum absolute atomic E-state index is 12.5. The summed E-state index contributed by atoms with van der Waals surface area (Å²) in [6.45, 7) is 7.74. The van der Waals surface area contributed by atoms with Crippen LogP contribution >= 0.6 is 0 Å². The maximum atomic E-state index is 12.5. The SMILES string of the molecule is Cc1noc(C)c1N(C)C(=O)Nc1ccc2nn(C(C)C)cc2c1. The Morgan fingerprint density at radius 3 is 2.71 bits per heavy atom. The first-order valence-electron chi connectivity index (χ1n) is 7.83. The van der Waals surface area contributed by atoms with E-state index < -0.39 is 0 Å². The van der Waals surface area contributed by atoms with E-state index in [0.29, 0.717) is 23.2 Å². The van der Waals surface area contributed by atoms with Crippen LogP contribution in [0.4, 0.5) is 16.2 Å². The van der Waals surface area contributed by atoms with Crippen LogP contribution in [-0.2, 0) is 0 Å². The minimum Gasteiger partial charge on any atom is -0.359 e. The maximum Gasteiger partial charge on any atom is 0.326 e. The smallest absolute Gasteiger partial charge is 0.326 e. The molecule has 0 saturated carbocycles. The zero-order valence-electron chi connectivity index (χ0n) is 14.5. The van der Waals surface area contributed by atoms with E-state index in [2.05, 4.69) is 29.4 Å². The Morgan fingerprint density at radius 2 is 2.08 bits per heavy atom. The van der Waals surface area contributed by atoms with Crippen LogP contribution in [0.5, 0.6) is 0 Å². The number of carbonyl (C=O) groups excluding carboxylic acids is 1. The summed E-state index contributed by atoms with van der Waals surface area (Å²) in [7, 11) is 1.69. The van der Waals surface area contributed by atoms with Crippen molar-refractivity contribution in [1.29, 1.82) is 0 Å². The molecular formula is C17H21N5O2. The Hall–Kier alpha value is -2.83. The van der Waals surface area contributed by atoms with E-state index in [4.69, 9.17) is 4.52 Å². The lowest BCUT2D eigenvalue weighted by molar-refractivity contribution is 0.258. The van der Waals surface area contributed by atoms with Gasteiger partial charge < -0.3 is 9.84 Å². The van der Waals surface area contributed by atoms with Crippen LogP contribution in [0.3, 0.4) is 0 Å². The van der Waals surface area contributed by atoms with Gasteiger partial charge in [-0.15, -0.1) is 0 Å². The number of benzene rings is 1. The quantitative estimate of drug-likeness (QED) is 0.792. The zero-order valence-corrected chi connectivity index (χ0v) is 14.5. The van der Waals surface area contributed by atoms with Gasteiger partial charge in [-0.25, -0.2) is 4.79 Å². The molecule has 1 N–H and O–H groups in total. The number of aryl methyl sites for hydroxylation is 2. The first-order valence-corrected chi connectivity index (χ1v) is 7.83. The van der Waals surface area contributed by atoms with Crippen molar-refractivity contribution in [2.45, 2.75) is 33.7 Å². The molecule has 0 fully saturated rings. The van der Waals surface area contributed by atoms with E-state index in [1.807, 2.05) is 36.0 Å². The summed E-state index contributed by atoms with van der Waals surface area (Å²) >= 11 is 0. The molecule has 126 valence electrons. The molecule has 24 heavy (non-hydrogen) atoms. The average molecular weight is 327 g/mol. The van der Waals surface area contributed by atoms with Gasteiger partial charge in [-0.3, -0.25) is 9.58 Å². The van der Waals surface area contributed by atoms with Crippen molar-refractivity contribution >= 4 is 28.3 Å². The Kier molecular flexibility index (Phi) is 4.01.